The van der Waals surface area contributed by atoms with Crippen molar-refractivity contribution >= 4 is 40.7 Å². The molecule has 3 aromatic rings. The minimum Gasteiger partial charge on any atom is -0.441 e. The van der Waals surface area contributed by atoms with E-state index >= 15 is 0 Å². The topological polar surface area (TPSA) is 75.4 Å². The van der Waals surface area contributed by atoms with Crippen LogP contribution in [0.1, 0.15) is 25.7 Å². The number of hydrogen-bond donors (Lipinski definition) is 1. The molecule has 6 nitrogen and oxygen atoms in total. The van der Waals surface area contributed by atoms with Gasteiger partial charge in [0.15, 0.2) is 11.7 Å². The highest BCUT2D eigenvalue weighted by Gasteiger charge is 2.18. The fourth-order valence-corrected chi connectivity index (χ4v) is 3.51. The lowest BCUT2D eigenvalue weighted by Gasteiger charge is -2.21. The Morgan fingerprint density at radius 2 is 1.90 bits per heavy atom. The SMILES string of the molecule is CCCN(CC(=O)Nc1ccc(Cl)cc1Cl)C(=O)CCc1ncc(-c2ccccc2)o1. The molecule has 3 rings (SSSR count). The van der Waals surface area contributed by atoms with Crippen LogP contribution >= 0.6 is 23.2 Å². The number of carbonyl (C=O) groups is 2. The van der Waals surface area contributed by atoms with Crippen LogP contribution < -0.4 is 5.32 Å². The smallest absolute Gasteiger partial charge is 0.244 e. The van der Waals surface area contributed by atoms with Crippen molar-refractivity contribution in [3.63, 3.8) is 0 Å². The molecule has 1 heterocycles. The van der Waals surface area contributed by atoms with Crippen molar-refractivity contribution in [1.82, 2.24) is 9.88 Å². The zero-order chi connectivity index (χ0) is 22.2. The first-order valence-corrected chi connectivity index (χ1v) is 10.7. The van der Waals surface area contributed by atoms with Crippen molar-refractivity contribution in [2.45, 2.75) is 26.2 Å². The Bertz CT molecular complexity index is 1040. The van der Waals surface area contributed by atoms with Crippen LogP contribution in [0, 0.1) is 0 Å². The summed E-state index contributed by atoms with van der Waals surface area (Å²) in [7, 11) is 0. The molecule has 0 aliphatic carbocycles. The van der Waals surface area contributed by atoms with Gasteiger partial charge < -0.3 is 14.6 Å². The number of amides is 2. The zero-order valence-corrected chi connectivity index (χ0v) is 18.6. The van der Waals surface area contributed by atoms with Crippen molar-refractivity contribution in [2.24, 2.45) is 0 Å². The number of hydrogen-bond acceptors (Lipinski definition) is 4. The molecule has 0 bridgehead atoms. The summed E-state index contributed by atoms with van der Waals surface area (Å²) in [6.45, 7) is 2.36. The van der Waals surface area contributed by atoms with Crippen LogP contribution in [0.2, 0.25) is 10.0 Å². The summed E-state index contributed by atoms with van der Waals surface area (Å²) in [6, 6.07) is 14.5. The highest BCUT2D eigenvalue weighted by atomic mass is 35.5. The monoisotopic (exact) mass is 459 g/mol. The number of aryl methyl sites for hydroxylation is 1. The molecule has 1 N–H and O–H groups in total. The molecule has 162 valence electrons. The number of rotatable bonds is 9. The average Bonchev–Trinajstić information content (AvgIpc) is 3.23. The van der Waals surface area contributed by atoms with E-state index in [4.69, 9.17) is 27.6 Å². The second-order valence-corrected chi connectivity index (χ2v) is 7.82. The summed E-state index contributed by atoms with van der Waals surface area (Å²) >= 11 is 12.0. The second-order valence-electron chi connectivity index (χ2n) is 6.97. The number of benzene rings is 2. The van der Waals surface area contributed by atoms with Crippen molar-refractivity contribution in [3.05, 3.63) is 70.7 Å². The molecule has 2 amide bonds. The highest BCUT2D eigenvalue weighted by molar-refractivity contribution is 6.36. The third kappa shape index (κ3) is 6.57. The summed E-state index contributed by atoms with van der Waals surface area (Å²) in [5.74, 6) is 0.681. The van der Waals surface area contributed by atoms with E-state index in [2.05, 4.69) is 10.3 Å². The van der Waals surface area contributed by atoms with Gasteiger partial charge in [-0.1, -0.05) is 60.5 Å². The molecule has 31 heavy (non-hydrogen) atoms. The number of aromatic nitrogens is 1. The van der Waals surface area contributed by atoms with Gasteiger partial charge >= 0.3 is 0 Å². The Hall–Kier alpha value is -2.83. The minimum atomic E-state index is -0.325. The maximum Gasteiger partial charge on any atom is 0.244 e. The van der Waals surface area contributed by atoms with E-state index in [1.54, 1.807) is 24.4 Å². The predicted octanol–water partition coefficient (Wildman–Crippen LogP) is 5.46. The number of halogens is 2. The summed E-state index contributed by atoms with van der Waals surface area (Å²) in [4.78, 5) is 31.0. The van der Waals surface area contributed by atoms with Crippen LogP contribution in [0.5, 0.6) is 0 Å². The number of anilines is 1. The molecule has 0 radical (unpaired) electrons. The summed E-state index contributed by atoms with van der Waals surface area (Å²) in [6.07, 6.45) is 2.94. The zero-order valence-electron chi connectivity index (χ0n) is 17.1. The molecule has 0 fully saturated rings. The largest absolute Gasteiger partial charge is 0.441 e. The van der Waals surface area contributed by atoms with E-state index in [-0.39, 0.29) is 24.8 Å². The Kier molecular flexibility index (Phi) is 8.09. The minimum absolute atomic E-state index is 0.0630. The maximum atomic E-state index is 12.7. The van der Waals surface area contributed by atoms with Gasteiger partial charge in [-0.2, -0.15) is 0 Å². The number of carbonyl (C=O) groups excluding carboxylic acids is 2. The Labute approximate surface area is 191 Å². The Morgan fingerprint density at radius 3 is 2.61 bits per heavy atom. The van der Waals surface area contributed by atoms with Crippen LogP contribution in [0.3, 0.4) is 0 Å². The first kappa shape index (κ1) is 22.8. The number of nitrogens with zero attached hydrogens (tertiary/aromatic N) is 2. The third-order valence-corrected chi connectivity index (χ3v) is 5.10. The highest BCUT2D eigenvalue weighted by Crippen LogP contribution is 2.25. The van der Waals surface area contributed by atoms with Gasteiger partial charge in [0.05, 0.1) is 23.5 Å². The molecule has 2 aromatic carbocycles. The molecular formula is C23H23Cl2N3O3. The van der Waals surface area contributed by atoms with Crippen LogP contribution in [0.4, 0.5) is 5.69 Å². The van der Waals surface area contributed by atoms with E-state index < -0.39 is 0 Å². The standard InChI is InChI=1S/C23H23Cl2N3O3/c1-2-12-28(15-21(29)27-19-9-8-17(24)13-18(19)25)23(30)11-10-22-26-14-20(31-22)16-6-4-3-5-7-16/h3-9,13-14H,2,10-12,15H2,1H3,(H,27,29). The second kappa shape index (κ2) is 11.0. The van der Waals surface area contributed by atoms with Gasteiger partial charge in [0.1, 0.15) is 0 Å². The van der Waals surface area contributed by atoms with E-state index in [0.29, 0.717) is 40.3 Å². The molecule has 0 saturated carbocycles. The molecule has 0 aliphatic rings. The summed E-state index contributed by atoms with van der Waals surface area (Å²) < 4.78 is 5.76. The van der Waals surface area contributed by atoms with Crippen LogP contribution in [-0.2, 0) is 16.0 Å². The first-order chi connectivity index (χ1) is 15.0. The van der Waals surface area contributed by atoms with Gasteiger partial charge in [0, 0.05) is 30.0 Å². The molecule has 0 spiro atoms. The molecule has 0 unspecified atom stereocenters. The van der Waals surface area contributed by atoms with Gasteiger partial charge in [-0.25, -0.2) is 4.98 Å². The van der Waals surface area contributed by atoms with E-state index in [9.17, 15) is 9.59 Å². The van der Waals surface area contributed by atoms with E-state index in [0.717, 1.165) is 12.0 Å². The Morgan fingerprint density at radius 1 is 1.13 bits per heavy atom. The average molecular weight is 460 g/mol. The molecule has 0 atom stereocenters. The van der Waals surface area contributed by atoms with Gasteiger partial charge in [0.25, 0.3) is 0 Å². The van der Waals surface area contributed by atoms with Crippen LogP contribution in [-0.4, -0.2) is 34.8 Å². The normalized spacial score (nSPS) is 10.7. The van der Waals surface area contributed by atoms with Crippen molar-refractivity contribution in [2.75, 3.05) is 18.4 Å². The lowest BCUT2D eigenvalue weighted by molar-refractivity contribution is -0.134. The fraction of sp³-hybridized carbons (Fsp3) is 0.261. The molecule has 0 aliphatic heterocycles. The molecule has 0 saturated heterocycles. The predicted molar refractivity (Wildman–Crippen MR) is 122 cm³/mol. The van der Waals surface area contributed by atoms with Gasteiger partial charge in [-0.15, -0.1) is 0 Å². The van der Waals surface area contributed by atoms with Gasteiger partial charge in [-0.3, -0.25) is 9.59 Å². The number of nitrogens with one attached hydrogen (secondary N) is 1. The quantitative estimate of drug-likeness (QED) is 0.460. The summed E-state index contributed by atoms with van der Waals surface area (Å²) in [5, 5.41) is 3.54. The van der Waals surface area contributed by atoms with Gasteiger partial charge in [-0.05, 0) is 24.6 Å². The molecule has 8 heteroatoms. The third-order valence-electron chi connectivity index (χ3n) is 4.55. The first-order valence-electron chi connectivity index (χ1n) is 9.99. The fourth-order valence-electron chi connectivity index (χ4n) is 3.05. The van der Waals surface area contributed by atoms with Crippen LogP contribution in [0.15, 0.2) is 59.1 Å². The van der Waals surface area contributed by atoms with Crippen molar-refractivity contribution < 1.29 is 14.0 Å². The molecule has 1 aromatic heterocycles. The van der Waals surface area contributed by atoms with E-state index in [1.165, 1.54) is 4.90 Å². The maximum absolute atomic E-state index is 12.7. The lowest BCUT2D eigenvalue weighted by atomic mass is 10.2. The van der Waals surface area contributed by atoms with E-state index in [1.807, 2.05) is 37.3 Å². The summed E-state index contributed by atoms with van der Waals surface area (Å²) in [5.41, 5.74) is 1.38. The van der Waals surface area contributed by atoms with Crippen LogP contribution in [0.25, 0.3) is 11.3 Å². The Balaban J connectivity index is 1.56. The molecular weight excluding hydrogens is 437 g/mol. The van der Waals surface area contributed by atoms with Crippen molar-refractivity contribution in [3.8, 4) is 11.3 Å². The van der Waals surface area contributed by atoms with Gasteiger partial charge in [0.2, 0.25) is 11.8 Å². The lowest BCUT2D eigenvalue weighted by Crippen LogP contribution is -2.38. The van der Waals surface area contributed by atoms with Crippen molar-refractivity contribution in [1.29, 1.82) is 0 Å². The number of oxazole rings is 1.